The van der Waals surface area contributed by atoms with Gasteiger partial charge < -0.3 is 10.3 Å². The Bertz CT molecular complexity index is 912. The molecule has 3 rings (SSSR count). The first-order valence-electron chi connectivity index (χ1n) is 7.55. The van der Waals surface area contributed by atoms with Crippen LogP contribution in [0.25, 0.3) is 16.6 Å². The van der Waals surface area contributed by atoms with Crippen molar-refractivity contribution in [1.82, 2.24) is 9.55 Å². The second-order valence-corrected chi connectivity index (χ2v) is 5.69. The van der Waals surface area contributed by atoms with Crippen LogP contribution in [0.1, 0.15) is 31.0 Å². The highest BCUT2D eigenvalue weighted by atomic mass is 15.2. The van der Waals surface area contributed by atoms with E-state index in [1.54, 1.807) is 6.08 Å². The van der Waals surface area contributed by atoms with E-state index in [1.807, 2.05) is 47.0 Å². The maximum Gasteiger partial charge on any atom is 0.201 e. The number of nitrogens with two attached hydrogens (primary N) is 1. The van der Waals surface area contributed by atoms with Crippen LogP contribution in [0, 0.1) is 11.3 Å². The molecule has 1 aromatic heterocycles. The number of nitrogen functional groups attached to an aromatic ring is 1. The molecule has 0 saturated heterocycles. The Balaban J connectivity index is 2.21. The standard InChI is InChI=1S/C19H18N4/c1-13(2)23-18-12-15(8-9-17(18)22-19(23)21)16(10-11-20)14-6-4-3-5-7-14/h3-10,12-13H,1-2H3,(H2,21,22)/b16-10-. The monoisotopic (exact) mass is 302 g/mol. The Morgan fingerprint density at radius 1 is 1.17 bits per heavy atom. The van der Waals surface area contributed by atoms with Gasteiger partial charge in [0.25, 0.3) is 0 Å². The van der Waals surface area contributed by atoms with E-state index in [1.165, 1.54) is 0 Å². The van der Waals surface area contributed by atoms with E-state index in [2.05, 4.69) is 31.0 Å². The topological polar surface area (TPSA) is 67.6 Å². The third-order valence-electron chi connectivity index (χ3n) is 3.84. The Morgan fingerprint density at radius 3 is 2.57 bits per heavy atom. The Morgan fingerprint density at radius 2 is 1.91 bits per heavy atom. The lowest BCUT2D eigenvalue weighted by molar-refractivity contribution is 0.627. The Labute approximate surface area is 135 Å². The molecule has 0 spiro atoms. The van der Waals surface area contributed by atoms with E-state index >= 15 is 0 Å². The van der Waals surface area contributed by atoms with Gasteiger partial charge >= 0.3 is 0 Å². The first-order chi connectivity index (χ1) is 11.1. The summed E-state index contributed by atoms with van der Waals surface area (Å²) in [7, 11) is 0. The van der Waals surface area contributed by atoms with Crippen LogP contribution in [0.2, 0.25) is 0 Å². The van der Waals surface area contributed by atoms with Crippen molar-refractivity contribution in [1.29, 1.82) is 5.26 Å². The number of nitrogens with zero attached hydrogens (tertiary/aromatic N) is 3. The fraction of sp³-hybridized carbons (Fsp3) is 0.158. The van der Waals surface area contributed by atoms with Gasteiger partial charge in [-0.05, 0) is 42.7 Å². The van der Waals surface area contributed by atoms with E-state index in [-0.39, 0.29) is 6.04 Å². The summed E-state index contributed by atoms with van der Waals surface area (Å²) < 4.78 is 2.01. The van der Waals surface area contributed by atoms with Crippen molar-refractivity contribution in [3.05, 3.63) is 65.7 Å². The third-order valence-corrected chi connectivity index (χ3v) is 3.84. The Kier molecular flexibility index (Phi) is 3.86. The van der Waals surface area contributed by atoms with Crippen LogP contribution in [0.15, 0.2) is 54.6 Å². The summed E-state index contributed by atoms with van der Waals surface area (Å²) in [5.74, 6) is 0.512. The van der Waals surface area contributed by atoms with Gasteiger partial charge in [-0.1, -0.05) is 36.4 Å². The summed E-state index contributed by atoms with van der Waals surface area (Å²) in [6.07, 6.45) is 1.58. The molecular weight excluding hydrogens is 284 g/mol. The van der Waals surface area contributed by atoms with Gasteiger partial charge in [-0.2, -0.15) is 5.26 Å². The lowest BCUT2D eigenvalue weighted by Gasteiger charge is -2.12. The quantitative estimate of drug-likeness (QED) is 0.739. The number of benzene rings is 2. The van der Waals surface area contributed by atoms with Gasteiger partial charge in [0.1, 0.15) is 0 Å². The molecule has 0 saturated carbocycles. The van der Waals surface area contributed by atoms with E-state index < -0.39 is 0 Å². The lowest BCUT2D eigenvalue weighted by Crippen LogP contribution is -2.05. The molecule has 1 heterocycles. The lowest BCUT2D eigenvalue weighted by atomic mass is 9.97. The van der Waals surface area contributed by atoms with Crippen LogP contribution in [-0.2, 0) is 0 Å². The molecule has 2 N–H and O–H groups in total. The predicted molar refractivity (Wildman–Crippen MR) is 93.7 cm³/mol. The van der Waals surface area contributed by atoms with Crippen molar-refractivity contribution in [2.45, 2.75) is 19.9 Å². The smallest absolute Gasteiger partial charge is 0.201 e. The number of imidazole rings is 1. The molecule has 4 heteroatoms. The molecule has 3 aromatic rings. The first kappa shape index (κ1) is 14.9. The summed E-state index contributed by atoms with van der Waals surface area (Å²) >= 11 is 0. The SMILES string of the molecule is CC(C)n1c(N)nc2ccc(/C(=C\C#N)c3ccccc3)cc21. The van der Waals surface area contributed by atoms with Gasteiger partial charge in [0.2, 0.25) is 5.95 Å². The zero-order chi connectivity index (χ0) is 16.4. The number of allylic oxidation sites excluding steroid dienone is 1. The van der Waals surface area contributed by atoms with Crippen molar-refractivity contribution in [3.63, 3.8) is 0 Å². The fourth-order valence-corrected chi connectivity index (χ4v) is 2.84. The summed E-state index contributed by atoms with van der Waals surface area (Å²) in [4.78, 5) is 4.41. The zero-order valence-electron chi connectivity index (χ0n) is 13.2. The van der Waals surface area contributed by atoms with Crippen LogP contribution in [0.3, 0.4) is 0 Å². The van der Waals surface area contributed by atoms with Crippen LogP contribution in [0.4, 0.5) is 5.95 Å². The highest BCUT2D eigenvalue weighted by molar-refractivity contribution is 5.88. The molecule has 0 fully saturated rings. The number of rotatable bonds is 3. The zero-order valence-corrected chi connectivity index (χ0v) is 13.2. The molecule has 0 aliphatic carbocycles. The normalized spacial score (nSPS) is 11.8. The molecular formula is C19H18N4. The molecule has 0 aliphatic rings. The highest BCUT2D eigenvalue weighted by Crippen LogP contribution is 2.29. The number of fused-ring (bicyclic) bond motifs is 1. The molecule has 0 bridgehead atoms. The minimum absolute atomic E-state index is 0.218. The van der Waals surface area contributed by atoms with Crippen LogP contribution in [0.5, 0.6) is 0 Å². The van der Waals surface area contributed by atoms with Crippen LogP contribution < -0.4 is 5.73 Å². The van der Waals surface area contributed by atoms with Gasteiger partial charge in [0.05, 0.1) is 17.1 Å². The van der Waals surface area contributed by atoms with Crippen molar-refractivity contribution in [3.8, 4) is 6.07 Å². The van der Waals surface area contributed by atoms with Crippen molar-refractivity contribution < 1.29 is 0 Å². The van der Waals surface area contributed by atoms with E-state index in [0.717, 1.165) is 27.7 Å². The first-order valence-corrected chi connectivity index (χ1v) is 7.55. The maximum atomic E-state index is 9.16. The molecule has 23 heavy (non-hydrogen) atoms. The molecule has 4 nitrogen and oxygen atoms in total. The van der Waals surface area contributed by atoms with Crippen molar-refractivity contribution >= 4 is 22.6 Å². The number of aromatic nitrogens is 2. The highest BCUT2D eigenvalue weighted by Gasteiger charge is 2.13. The van der Waals surface area contributed by atoms with Crippen molar-refractivity contribution in [2.75, 3.05) is 5.73 Å². The number of nitriles is 1. The Hall–Kier alpha value is -3.06. The summed E-state index contributed by atoms with van der Waals surface area (Å²) in [6, 6.07) is 18.3. The average molecular weight is 302 g/mol. The molecule has 0 unspecified atom stereocenters. The minimum atomic E-state index is 0.218. The number of anilines is 1. The molecule has 0 amide bonds. The van der Waals surface area contributed by atoms with Gasteiger partial charge in [-0.15, -0.1) is 0 Å². The third kappa shape index (κ3) is 2.69. The minimum Gasteiger partial charge on any atom is -0.369 e. The second kappa shape index (κ2) is 5.98. The second-order valence-electron chi connectivity index (χ2n) is 5.69. The summed E-state index contributed by atoms with van der Waals surface area (Å²) in [5, 5.41) is 9.16. The summed E-state index contributed by atoms with van der Waals surface area (Å²) in [5.41, 5.74) is 10.8. The van der Waals surface area contributed by atoms with Crippen molar-refractivity contribution in [2.24, 2.45) is 0 Å². The largest absolute Gasteiger partial charge is 0.369 e. The van der Waals surface area contributed by atoms with E-state index in [4.69, 9.17) is 11.0 Å². The van der Waals surface area contributed by atoms with Gasteiger partial charge in [0.15, 0.2) is 0 Å². The maximum absolute atomic E-state index is 9.16. The molecule has 0 aliphatic heterocycles. The van der Waals surface area contributed by atoms with E-state index in [0.29, 0.717) is 5.95 Å². The number of hydrogen-bond donors (Lipinski definition) is 1. The summed E-state index contributed by atoms with van der Waals surface area (Å²) in [6.45, 7) is 4.15. The molecule has 0 radical (unpaired) electrons. The van der Waals surface area contributed by atoms with Crippen LogP contribution in [-0.4, -0.2) is 9.55 Å². The predicted octanol–water partition coefficient (Wildman–Crippen LogP) is 4.15. The molecule has 2 aromatic carbocycles. The fourth-order valence-electron chi connectivity index (χ4n) is 2.84. The van der Waals surface area contributed by atoms with Crippen LogP contribution >= 0.6 is 0 Å². The molecule has 114 valence electrons. The van der Waals surface area contributed by atoms with E-state index in [9.17, 15) is 0 Å². The molecule has 0 atom stereocenters. The van der Waals surface area contributed by atoms with Gasteiger partial charge in [-0.25, -0.2) is 4.98 Å². The average Bonchev–Trinajstić information content (AvgIpc) is 2.88. The van der Waals surface area contributed by atoms with Gasteiger partial charge in [-0.3, -0.25) is 0 Å². The van der Waals surface area contributed by atoms with Gasteiger partial charge in [0, 0.05) is 12.1 Å². The number of hydrogen-bond acceptors (Lipinski definition) is 3.